The van der Waals surface area contributed by atoms with Crippen LogP contribution in [0.1, 0.15) is 47.7 Å². The van der Waals surface area contributed by atoms with E-state index in [0.29, 0.717) is 17.9 Å². The Morgan fingerprint density at radius 2 is 1.89 bits per heavy atom. The summed E-state index contributed by atoms with van der Waals surface area (Å²) in [6.45, 7) is 7.67. The van der Waals surface area contributed by atoms with Crippen LogP contribution in [0.25, 0.3) is 0 Å². The lowest BCUT2D eigenvalue weighted by Gasteiger charge is -2.47. The number of rotatable bonds is 4. The predicted octanol–water partition coefficient (Wildman–Crippen LogP) is 1.50. The lowest BCUT2D eigenvalue weighted by molar-refractivity contribution is -0.139. The number of amides is 2. The monoisotopic (exact) mass is 373 g/mol. The number of hydrogen-bond acceptors (Lipinski definition) is 5. The Kier molecular flexibility index (Phi) is 5.79. The fourth-order valence-electron chi connectivity index (χ4n) is 4.21. The number of aromatic nitrogens is 2. The first-order chi connectivity index (χ1) is 12.8. The minimum Gasteiger partial charge on any atom is -0.341 e. The van der Waals surface area contributed by atoms with E-state index >= 15 is 0 Å². The van der Waals surface area contributed by atoms with Gasteiger partial charge in [0.05, 0.1) is 0 Å². The average Bonchev–Trinajstić information content (AvgIpc) is 2.62. The molecule has 27 heavy (non-hydrogen) atoms. The van der Waals surface area contributed by atoms with Crippen molar-refractivity contribution in [2.75, 3.05) is 46.8 Å². The van der Waals surface area contributed by atoms with Crippen LogP contribution < -0.4 is 0 Å². The van der Waals surface area contributed by atoms with Gasteiger partial charge >= 0.3 is 0 Å². The fraction of sp³-hybridized carbons (Fsp3) is 0.700. The molecule has 0 unspecified atom stereocenters. The maximum atomic E-state index is 12.8. The Bertz CT molecular complexity index is 690. The molecule has 3 rings (SSSR count). The third-order valence-electron chi connectivity index (χ3n) is 5.86. The Balaban J connectivity index is 1.62. The highest BCUT2D eigenvalue weighted by molar-refractivity contribution is 5.92. The molecular weight excluding hydrogens is 342 g/mol. The first-order valence-electron chi connectivity index (χ1n) is 9.82. The van der Waals surface area contributed by atoms with Crippen LogP contribution in [0, 0.1) is 19.3 Å². The van der Waals surface area contributed by atoms with Crippen LogP contribution in [-0.4, -0.2) is 83.3 Å². The van der Waals surface area contributed by atoms with Crippen molar-refractivity contribution in [2.45, 2.75) is 39.5 Å². The summed E-state index contributed by atoms with van der Waals surface area (Å²) in [7, 11) is 4.07. The van der Waals surface area contributed by atoms with Crippen molar-refractivity contribution in [2.24, 2.45) is 5.41 Å². The van der Waals surface area contributed by atoms with E-state index in [2.05, 4.69) is 14.9 Å². The Labute approximate surface area is 161 Å². The molecule has 0 aromatic carbocycles. The molecule has 0 radical (unpaired) electrons. The number of nitrogens with zero attached hydrogens (tertiary/aromatic N) is 5. The second-order valence-corrected chi connectivity index (χ2v) is 8.35. The van der Waals surface area contributed by atoms with Gasteiger partial charge in [-0.15, -0.1) is 0 Å². The second-order valence-electron chi connectivity index (χ2n) is 8.35. The molecule has 1 spiro atoms. The Morgan fingerprint density at radius 3 is 2.52 bits per heavy atom. The summed E-state index contributed by atoms with van der Waals surface area (Å²) in [5, 5.41) is 0. The van der Waals surface area contributed by atoms with E-state index in [-0.39, 0.29) is 17.2 Å². The van der Waals surface area contributed by atoms with Gasteiger partial charge in [-0.3, -0.25) is 9.59 Å². The van der Waals surface area contributed by atoms with Crippen LogP contribution in [0.15, 0.2) is 6.07 Å². The minimum atomic E-state index is -0.00482. The molecule has 7 heteroatoms. The van der Waals surface area contributed by atoms with Gasteiger partial charge in [0.15, 0.2) is 0 Å². The molecule has 0 saturated carbocycles. The van der Waals surface area contributed by atoms with Gasteiger partial charge in [-0.1, -0.05) is 0 Å². The molecule has 2 amide bonds. The van der Waals surface area contributed by atoms with Crippen LogP contribution in [0.3, 0.4) is 0 Å². The van der Waals surface area contributed by atoms with E-state index in [9.17, 15) is 9.59 Å². The minimum absolute atomic E-state index is 0.00482. The van der Waals surface area contributed by atoms with Gasteiger partial charge in [-0.2, -0.15) is 0 Å². The summed E-state index contributed by atoms with van der Waals surface area (Å²) < 4.78 is 0. The van der Waals surface area contributed by atoms with Gasteiger partial charge in [0.2, 0.25) is 5.91 Å². The smallest absolute Gasteiger partial charge is 0.272 e. The van der Waals surface area contributed by atoms with E-state index in [1.54, 1.807) is 6.07 Å². The zero-order valence-electron chi connectivity index (χ0n) is 17.0. The van der Waals surface area contributed by atoms with Gasteiger partial charge in [0.1, 0.15) is 11.5 Å². The molecule has 0 aliphatic carbocycles. The number of carbonyl (C=O) groups excluding carboxylic acids is 2. The highest BCUT2D eigenvalue weighted by Crippen LogP contribution is 2.40. The Hall–Kier alpha value is -2.02. The van der Waals surface area contributed by atoms with Crippen molar-refractivity contribution < 1.29 is 9.59 Å². The van der Waals surface area contributed by atoms with Crippen molar-refractivity contribution in [1.29, 1.82) is 0 Å². The summed E-state index contributed by atoms with van der Waals surface area (Å²) >= 11 is 0. The standard InChI is InChI=1S/C20H31N5O2/c1-15-13-17(22-16(2)21-15)19(27)24-9-7-20(8-10-24)6-5-18(26)25(14-20)12-11-23(3)4/h13H,5-12,14H2,1-4H3. The van der Waals surface area contributed by atoms with E-state index in [1.165, 1.54) is 0 Å². The maximum Gasteiger partial charge on any atom is 0.272 e. The molecular formula is C20H31N5O2. The molecule has 2 aliphatic rings. The van der Waals surface area contributed by atoms with E-state index < -0.39 is 0 Å². The van der Waals surface area contributed by atoms with E-state index in [4.69, 9.17) is 0 Å². The molecule has 2 aliphatic heterocycles. The normalized spacial score (nSPS) is 19.8. The Morgan fingerprint density at radius 1 is 1.19 bits per heavy atom. The van der Waals surface area contributed by atoms with Gasteiger partial charge < -0.3 is 14.7 Å². The highest BCUT2D eigenvalue weighted by Gasteiger charge is 2.41. The SMILES string of the molecule is Cc1cc(C(=O)N2CCC3(CCC(=O)N(CCN(C)C)C3)CC2)nc(C)n1. The summed E-state index contributed by atoms with van der Waals surface area (Å²) in [5.74, 6) is 0.900. The largest absolute Gasteiger partial charge is 0.341 e. The third kappa shape index (κ3) is 4.64. The maximum absolute atomic E-state index is 12.8. The summed E-state index contributed by atoms with van der Waals surface area (Å²) in [6.07, 6.45) is 3.48. The molecule has 1 aromatic heterocycles. The molecule has 0 bridgehead atoms. The third-order valence-corrected chi connectivity index (χ3v) is 5.86. The molecule has 2 saturated heterocycles. The zero-order valence-corrected chi connectivity index (χ0v) is 17.0. The van der Waals surface area contributed by atoms with Gasteiger partial charge in [0, 0.05) is 44.8 Å². The van der Waals surface area contributed by atoms with E-state index in [1.807, 2.05) is 37.7 Å². The number of likely N-dealkylation sites (N-methyl/N-ethyl adjacent to an activating group) is 1. The van der Waals surface area contributed by atoms with Crippen molar-refractivity contribution in [3.63, 3.8) is 0 Å². The number of hydrogen-bond donors (Lipinski definition) is 0. The van der Waals surface area contributed by atoms with Crippen molar-refractivity contribution in [3.8, 4) is 0 Å². The first kappa shape index (κ1) is 19.7. The van der Waals surface area contributed by atoms with Crippen LogP contribution in [0.5, 0.6) is 0 Å². The summed E-state index contributed by atoms with van der Waals surface area (Å²) in [4.78, 5) is 39.7. The molecule has 2 fully saturated rings. The molecule has 7 nitrogen and oxygen atoms in total. The number of aryl methyl sites for hydroxylation is 2. The van der Waals surface area contributed by atoms with Crippen molar-refractivity contribution in [3.05, 3.63) is 23.3 Å². The van der Waals surface area contributed by atoms with Crippen molar-refractivity contribution >= 4 is 11.8 Å². The lowest BCUT2D eigenvalue weighted by Crippen LogP contribution is -2.53. The lowest BCUT2D eigenvalue weighted by atomic mass is 9.72. The molecule has 148 valence electrons. The quantitative estimate of drug-likeness (QED) is 0.800. The number of likely N-dealkylation sites (tertiary alicyclic amines) is 2. The first-order valence-corrected chi connectivity index (χ1v) is 9.82. The van der Waals surface area contributed by atoms with Crippen molar-refractivity contribution in [1.82, 2.24) is 24.7 Å². The van der Waals surface area contributed by atoms with Crippen LogP contribution in [0.2, 0.25) is 0 Å². The zero-order chi connectivity index (χ0) is 19.6. The van der Waals surface area contributed by atoms with Crippen LogP contribution in [0.4, 0.5) is 0 Å². The molecule has 3 heterocycles. The average molecular weight is 374 g/mol. The molecule has 0 atom stereocenters. The van der Waals surface area contributed by atoms with E-state index in [0.717, 1.165) is 57.7 Å². The van der Waals surface area contributed by atoms with Gasteiger partial charge in [0.25, 0.3) is 5.91 Å². The number of piperidine rings is 2. The summed E-state index contributed by atoms with van der Waals surface area (Å²) in [5.41, 5.74) is 1.47. The van der Waals surface area contributed by atoms with Crippen LogP contribution in [-0.2, 0) is 4.79 Å². The van der Waals surface area contributed by atoms with Crippen LogP contribution >= 0.6 is 0 Å². The summed E-state index contributed by atoms with van der Waals surface area (Å²) in [6, 6.07) is 1.77. The predicted molar refractivity (Wildman–Crippen MR) is 103 cm³/mol. The topological polar surface area (TPSA) is 69.6 Å². The van der Waals surface area contributed by atoms with Gasteiger partial charge in [-0.25, -0.2) is 9.97 Å². The second kappa shape index (κ2) is 7.92. The fourth-order valence-corrected chi connectivity index (χ4v) is 4.21. The number of carbonyl (C=O) groups is 2. The molecule has 1 aromatic rings. The highest BCUT2D eigenvalue weighted by atomic mass is 16.2. The van der Waals surface area contributed by atoms with Gasteiger partial charge in [-0.05, 0) is 58.7 Å². The molecule has 0 N–H and O–H groups in total.